The van der Waals surface area contributed by atoms with E-state index in [4.69, 9.17) is 17.0 Å². The molecule has 7 nitrogen and oxygen atoms in total. The summed E-state index contributed by atoms with van der Waals surface area (Å²) in [5.41, 5.74) is 0.651. The SMILES string of the molecule is COc1c(C#N)ccc(N2C(=O)C(C)(C)N(c3ccc(CCCC(=O)N(C)C)cc3)C2=S)c1F. The Hall–Kier alpha value is -3.51. The van der Waals surface area contributed by atoms with Crippen molar-refractivity contribution in [2.24, 2.45) is 0 Å². The monoisotopic (exact) mass is 482 g/mol. The van der Waals surface area contributed by atoms with Gasteiger partial charge in [-0.3, -0.25) is 14.5 Å². The summed E-state index contributed by atoms with van der Waals surface area (Å²) < 4.78 is 20.3. The minimum atomic E-state index is -1.07. The first-order valence-corrected chi connectivity index (χ1v) is 11.2. The molecule has 0 saturated carbocycles. The van der Waals surface area contributed by atoms with E-state index < -0.39 is 17.3 Å². The molecule has 0 aromatic heterocycles. The Balaban J connectivity index is 1.87. The number of hydrogen-bond acceptors (Lipinski definition) is 5. The smallest absolute Gasteiger partial charge is 0.259 e. The normalized spacial score (nSPS) is 14.9. The quantitative estimate of drug-likeness (QED) is 0.555. The molecule has 178 valence electrons. The van der Waals surface area contributed by atoms with Crippen LogP contribution in [-0.2, 0) is 16.0 Å². The fourth-order valence-electron chi connectivity index (χ4n) is 3.93. The van der Waals surface area contributed by atoms with Gasteiger partial charge in [0.15, 0.2) is 16.7 Å². The molecular formula is C25H27FN4O3S. The van der Waals surface area contributed by atoms with Crippen molar-refractivity contribution in [3.8, 4) is 11.8 Å². The highest BCUT2D eigenvalue weighted by atomic mass is 32.1. The van der Waals surface area contributed by atoms with Crippen molar-refractivity contribution in [3.05, 3.63) is 53.3 Å². The summed E-state index contributed by atoms with van der Waals surface area (Å²) in [5, 5.41) is 9.34. The van der Waals surface area contributed by atoms with Crippen LogP contribution in [0.1, 0.15) is 37.8 Å². The molecular weight excluding hydrogens is 455 g/mol. The number of benzene rings is 2. The van der Waals surface area contributed by atoms with Gasteiger partial charge in [-0.05, 0) is 68.7 Å². The van der Waals surface area contributed by atoms with Crippen LogP contribution in [0.25, 0.3) is 0 Å². The van der Waals surface area contributed by atoms with Crippen molar-refractivity contribution in [1.82, 2.24) is 4.90 Å². The van der Waals surface area contributed by atoms with Crippen LogP contribution in [0.4, 0.5) is 15.8 Å². The Bertz CT molecular complexity index is 1170. The molecule has 2 amide bonds. The van der Waals surface area contributed by atoms with Gasteiger partial charge < -0.3 is 14.5 Å². The predicted octanol–water partition coefficient (Wildman–Crippen LogP) is 4.03. The molecule has 0 N–H and O–H groups in total. The molecule has 0 unspecified atom stereocenters. The van der Waals surface area contributed by atoms with Gasteiger partial charge in [-0.25, -0.2) is 4.39 Å². The molecule has 1 fully saturated rings. The summed E-state index contributed by atoms with van der Waals surface area (Å²) in [6, 6.07) is 12.2. The molecule has 0 radical (unpaired) electrons. The number of nitriles is 1. The van der Waals surface area contributed by atoms with Crippen molar-refractivity contribution in [3.63, 3.8) is 0 Å². The van der Waals surface area contributed by atoms with Crippen LogP contribution in [0.15, 0.2) is 36.4 Å². The Labute approximate surface area is 204 Å². The van der Waals surface area contributed by atoms with Crippen LogP contribution < -0.4 is 14.5 Å². The van der Waals surface area contributed by atoms with Crippen LogP contribution in [0.5, 0.6) is 5.75 Å². The van der Waals surface area contributed by atoms with Crippen LogP contribution >= 0.6 is 12.2 Å². The maximum absolute atomic E-state index is 15.2. The number of nitrogens with zero attached hydrogens (tertiary/aromatic N) is 4. The van der Waals surface area contributed by atoms with Crippen molar-refractivity contribution < 1.29 is 18.7 Å². The number of carbonyl (C=O) groups excluding carboxylic acids is 2. The van der Waals surface area contributed by atoms with Gasteiger partial charge >= 0.3 is 0 Å². The van der Waals surface area contributed by atoms with E-state index in [0.717, 1.165) is 23.3 Å². The van der Waals surface area contributed by atoms with Gasteiger partial charge in [-0.15, -0.1) is 0 Å². The van der Waals surface area contributed by atoms with Gasteiger partial charge in [0, 0.05) is 26.2 Å². The minimum Gasteiger partial charge on any atom is -0.492 e. The molecule has 2 aromatic rings. The third-order valence-corrected chi connectivity index (χ3v) is 6.22. The molecule has 0 spiro atoms. The highest BCUT2D eigenvalue weighted by Gasteiger charge is 2.51. The first-order valence-electron chi connectivity index (χ1n) is 10.8. The summed E-state index contributed by atoms with van der Waals surface area (Å²) >= 11 is 5.62. The molecule has 1 aliphatic rings. The number of methoxy groups -OCH3 is 1. The predicted molar refractivity (Wildman–Crippen MR) is 132 cm³/mol. The third-order valence-electron chi connectivity index (χ3n) is 5.86. The number of ether oxygens (including phenoxy) is 1. The van der Waals surface area contributed by atoms with E-state index in [-0.39, 0.29) is 28.0 Å². The van der Waals surface area contributed by atoms with E-state index in [1.807, 2.05) is 30.3 Å². The lowest BCUT2D eigenvalue weighted by Gasteiger charge is -2.29. The summed E-state index contributed by atoms with van der Waals surface area (Å²) in [6.45, 7) is 3.45. The van der Waals surface area contributed by atoms with Gasteiger partial charge in [-0.1, -0.05) is 12.1 Å². The molecule has 0 bridgehead atoms. The van der Waals surface area contributed by atoms with Gasteiger partial charge in [0.25, 0.3) is 5.91 Å². The van der Waals surface area contributed by atoms with E-state index in [0.29, 0.717) is 12.1 Å². The van der Waals surface area contributed by atoms with Gasteiger partial charge in [0.05, 0.1) is 18.4 Å². The van der Waals surface area contributed by atoms with Crippen molar-refractivity contribution >= 4 is 40.5 Å². The number of anilines is 2. The molecule has 1 heterocycles. The van der Waals surface area contributed by atoms with E-state index in [9.17, 15) is 14.9 Å². The fraction of sp³-hybridized carbons (Fsp3) is 0.360. The van der Waals surface area contributed by atoms with Crippen LogP contribution in [-0.4, -0.2) is 48.6 Å². The molecule has 0 aliphatic carbocycles. The fourth-order valence-corrected chi connectivity index (χ4v) is 4.44. The maximum atomic E-state index is 15.2. The average molecular weight is 483 g/mol. The van der Waals surface area contributed by atoms with Gasteiger partial charge in [0.2, 0.25) is 5.91 Å². The first kappa shape index (κ1) is 25.1. The second-order valence-electron chi connectivity index (χ2n) is 8.72. The maximum Gasteiger partial charge on any atom is 0.259 e. The molecule has 0 atom stereocenters. The highest BCUT2D eigenvalue weighted by molar-refractivity contribution is 7.81. The molecule has 2 aromatic carbocycles. The average Bonchev–Trinajstić information content (AvgIpc) is 2.97. The van der Waals surface area contributed by atoms with Crippen LogP contribution in [0, 0.1) is 17.1 Å². The minimum absolute atomic E-state index is 0.0281. The van der Waals surface area contributed by atoms with Crippen LogP contribution in [0.3, 0.4) is 0 Å². The molecule has 1 aliphatic heterocycles. The lowest BCUT2D eigenvalue weighted by molar-refractivity contribution is -0.128. The molecule has 3 rings (SSSR count). The molecule has 34 heavy (non-hydrogen) atoms. The second-order valence-corrected chi connectivity index (χ2v) is 9.08. The van der Waals surface area contributed by atoms with E-state index in [1.165, 1.54) is 19.2 Å². The lowest BCUT2D eigenvalue weighted by atomic mass is 10.0. The largest absolute Gasteiger partial charge is 0.492 e. The Kier molecular flexibility index (Phi) is 7.22. The third kappa shape index (κ3) is 4.46. The van der Waals surface area contributed by atoms with Crippen molar-refractivity contribution in [1.29, 1.82) is 5.26 Å². The number of amides is 2. The number of halogens is 1. The second kappa shape index (κ2) is 9.77. The zero-order chi connectivity index (χ0) is 25.2. The number of rotatable bonds is 7. The van der Waals surface area contributed by atoms with Crippen LogP contribution in [0.2, 0.25) is 0 Å². The Morgan fingerprint density at radius 1 is 1.21 bits per heavy atom. The Morgan fingerprint density at radius 2 is 1.85 bits per heavy atom. The van der Waals surface area contributed by atoms with Crippen molar-refractivity contribution in [2.45, 2.75) is 38.6 Å². The van der Waals surface area contributed by atoms with Gasteiger partial charge in [-0.2, -0.15) is 5.26 Å². The topological polar surface area (TPSA) is 76.9 Å². The summed E-state index contributed by atoms with van der Waals surface area (Å²) in [4.78, 5) is 29.5. The summed E-state index contributed by atoms with van der Waals surface area (Å²) in [5.74, 6) is -1.36. The van der Waals surface area contributed by atoms with E-state index >= 15 is 4.39 Å². The molecule has 9 heteroatoms. The Morgan fingerprint density at radius 3 is 2.41 bits per heavy atom. The highest BCUT2D eigenvalue weighted by Crippen LogP contribution is 2.39. The summed E-state index contributed by atoms with van der Waals surface area (Å²) in [6.07, 6.45) is 1.95. The number of thiocarbonyl (C=S) groups is 1. The van der Waals surface area contributed by atoms with E-state index in [1.54, 1.807) is 37.7 Å². The summed E-state index contributed by atoms with van der Waals surface area (Å²) in [7, 11) is 4.74. The lowest BCUT2D eigenvalue weighted by Crippen LogP contribution is -2.44. The van der Waals surface area contributed by atoms with E-state index in [2.05, 4.69) is 0 Å². The number of aryl methyl sites for hydroxylation is 1. The first-order chi connectivity index (χ1) is 16.0. The molecule has 1 saturated heterocycles. The standard InChI is InChI=1S/C25H27FN4O3S/c1-25(2)23(32)29(19-14-11-17(15-27)22(33-5)21(19)26)24(34)30(25)18-12-9-16(10-13-18)7-6-8-20(31)28(3)4/h9-14H,6-8H2,1-5H3. The number of hydrogen-bond donors (Lipinski definition) is 0. The zero-order valence-electron chi connectivity index (χ0n) is 19.9. The number of carbonyl (C=O) groups is 2. The van der Waals surface area contributed by atoms with Crippen molar-refractivity contribution in [2.75, 3.05) is 31.0 Å². The van der Waals surface area contributed by atoms with Gasteiger partial charge in [0.1, 0.15) is 11.6 Å². The zero-order valence-corrected chi connectivity index (χ0v) is 20.7.